The highest BCUT2D eigenvalue weighted by atomic mass is 19.1. The van der Waals surface area contributed by atoms with E-state index in [1.54, 1.807) is 42.5 Å². The first kappa shape index (κ1) is 10.3. The molecular weight excluding hydrogens is 203 g/mol. The van der Waals surface area contributed by atoms with Crippen LogP contribution in [0, 0.1) is 18.2 Å². The Kier molecular flexibility index (Phi) is 2.88. The van der Waals surface area contributed by atoms with Crippen LogP contribution < -0.4 is 4.74 Å². The van der Waals surface area contributed by atoms with Crippen molar-refractivity contribution < 1.29 is 9.13 Å². The molecule has 0 aliphatic rings. The third kappa shape index (κ3) is 2.21. The van der Waals surface area contributed by atoms with Crippen LogP contribution in [-0.2, 0) is 0 Å². The standard InChI is InChI=1S/C14H9FO/c1-2-11-6-5-7-12(10-11)16-14-9-4-3-8-13(14)15/h1,3-10H. The molecule has 0 bridgehead atoms. The summed E-state index contributed by atoms with van der Waals surface area (Å²) in [6.45, 7) is 0. The lowest BCUT2D eigenvalue weighted by molar-refractivity contribution is 0.442. The molecule has 0 spiro atoms. The fourth-order valence-corrected chi connectivity index (χ4v) is 1.30. The molecule has 0 heterocycles. The molecule has 0 aliphatic carbocycles. The van der Waals surface area contributed by atoms with Crippen LogP contribution in [0.15, 0.2) is 48.5 Å². The van der Waals surface area contributed by atoms with Crippen molar-refractivity contribution in [3.05, 3.63) is 59.9 Å². The van der Waals surface area contributed by atoms with Gasteiger partial charge in [-0.1, -0.05) is 24.1 Å². The van der Waals surface area contributed by atoms with Gasteiger partial charge in [-0.05, 0) is 30.3 Å². The molecule has 0 saturated heterocycles. The lowest BCUT2D eigenvalue weighted by atomic mass is 10.2. The molecule has 0 unspecified atom stereocenters. The van der Waals surface area contributed by atoms with Crippen LogP contribution in [0.4, 0.5) is 4.39 Å². The van der Waals surface area contributed by atoms with Gasteiger partial charge in [0.05, 0.1) is 0 Å². The topological polar surface area (TPSA) is 9.23 Å². The molecule has 0 atom stereocenters. The van der Waals surface area contributed by atoms with Gasteiger partial charge < -0.3 is 4.74 Å². The highest BCUT2D eigenvalue weighted by Gasteiger charge is 2.03. The predicted molar refractivity (Wildman–Crippen MR) is 60.9 cm³/mol. The second-order valence-electron chi connectivity index (χ2n) is 3.20. The predicted octanol–water partition coefficient (Wildman–Crippen LogP) is 3.60. The highest BCUT2D eigenvalue weighted by Crippen LogP contribution is 2.24. The monoisotopic (exact) mass is 212 g/mol. The Morgan fingerprint density at radius 3 is 2.62 bits per heavy atom. The first-order valence-corrected chi connectivity index (χ1v) is 4.78. The van der Waals surface area contributed by atoms with Crippen LogP contribution in [0.1, 0.15) is 5.56 Å². The minimum atomic E-state index is -0.395. The summed E-state index contributed by atoms with van der Waals surface area (Å²) >= 11 is 0. The molecule has 16 heavy (non-hydrogen) atoms. The van der Waals surface area contributed by atoms with Crippen LogP contribution in [0.3, 0.4) is 0 Å². The Labute approximate surface area is 93.5 Å². The highest BCUT2D eigenvalue weighted by molar-refractivity contribution is 5.40. The number of halogens is 1. The molecule has 0 N–H and O–H groups in total. The third-order valence-electron chi connectivity index (χ3n) is 2.07. The summed E-state index contributed by atoms with van der Waals surface area (Å²) in [5.74, 6) is 2.82. The van der Waals surface area contributed by atoms with Crippen LogP contribution in [0.2, 0.25) is 0 Å². The van der Waals surface area contributed by atoms with Crippen LogP contribution >= 0.6 is 0 Å². The SMILES string of the molecule is C#Cc1cccc(Oc2ccccc2F)c1. The smallest absolute Gasteiger partial charge is 0.165 e. The minimum absolute atomic E-state index is 0.191. The van der Waals surface area contributed by atoms with E-state index in [2.05, 4.69) is 5.92 Å². The molecule has 0 radical (unpaired) electrons. The maximum Gasteiger partial charge on any atom is 0.165 e. The first-order valence-electron chi connectivity index (χ1n) is 4.78. The summed E-state index contributed by atoms with van der Waals surface area (Å²) < 4.78 is 18.7. The third-order valence-corrected chi connectivity index (χ3v) is 2.07. The average molecular weight is 212 g/mol. The Morgan fingerprint density at radius 1 is 1.06 bits per heavy atom. The van der Waals surface area contributed by atoms with Gasteiger partial charge in [0, 0.05) is 5.56 Å². The molecule has 1 nitrogen and oxygen atoms in total. The summed E-state index contributed by atoms with van der Waals surface area (Å²) in [6.07, 6.45) is 5.26. The van der Waals surface area contributed by atoms with Gasteiger partial charge in [0.1, 0.15) is 5.75 Å². The van der Waals surface area contributed by atoms with Crippen molar-refractivity contribution in [2.75, 3.05) is 0 Å². The molecular formula is C14H9FO. The van der Waals surface area contributed by atoms with Crippen LogP contribution in [-0.4, -0.2) is 0 Å². The van der Waals surface area contributed by atoms with Crippen molar-refractivity contribution in [3.63, 3.8) is 0 Å². The van der Waals surface area contributed by atoms with E-state index in [-0.39, 0.29) is 5.75 Å². The molecule has 2 aromatic carbocycles. The van der Waals surface area contributed by atoms with Crippen molar-refractivity contribution in [1.29, 1.82) is 0 Å². The van der Waals surface area contributed by atoms with Crippen LogP contribution in [0.25, 0.3) is 0 Å². The van der Waals surface area contributed by atoms with Crippen molar-refractivity contribution >= 4 is 0 Å². The van der Waals surface area contributed by atoms with E-state index in [4.69, 9.17) is 11.2 Å². The molecule has 0 aliphatic heterocycles. The van der Waals surface area contributed by atoms with E-state index < -0.39 is 5.82 Å². The second kappa shape index (κ2) is 4.50. The number of rotatable bonds is 2. The molecule has 2 heteroatoms. The molecule has 2 rings (SSSR count). The van der Waals surface area contributed by atoms with Gasteiger partial charge in [0.2, 0.25) is 0 Å². The van der Waals surface area contributed by atoms with Crippen molar-refractivity contribution in [2.24, 2.45) is 0 Å². The lowest BCUT2D eigenvalue weighted by Crippen LogP contribution is -1.88. The Bertz CT molecular complexity index is 540. The average Bonchev–Trinajstić information content (AvgIpc) is 2.32. The maximum absolute atomic E-state index is 13.3. The fourth-order valence-electron chi connectivity index (χ4n) is 1.30. The Balaban J connectivity index is 2.28. The van der Waals surface area contributed by atoms with E-state index in [0.717, 1.165) is 0 Å². The fraction of sp³-hybridized carbons (Fsp3) is 0. The summed E-state index contributed by atoms with van der Waals surface area (Å²) in [6, 6.07) is 13.2. The molecule has 0 saturated carbocycles. The molecule has 0 fully saturated rings. The molecule has 2 aromatic rings. The summed E-state index contributed by atoms with van der Waals surface area (Å²) in [5, 5.41) is 0. The van der Waals surface area contributed by atoms with Gasteiger partial charge in [-0.3, -0.25) is 0 Å². The Morgan fingerprint density at radius 2 is 1.88 bits per heavy atom. The van der Waals surface area contributed by atoms with E-state index in [1.807, 2.05) is 0 Å². The van der Waals surface area contributed by atoms with Crippen molar-refractivity contribution in [2.45, 2.75) is 0 Å². The van der Waals surface area contributed by atoms with Gasteiger partial charge in [-0.15, -0.1) is 6.42 Å². The summed E-state index contributed by atoms with van der Waals surface area (Å²) in [4.78, 5) is 0. The number of para-hydroxylation sites is 1. The first-order chi connectivity index (χ1) is 7.79. The van der Waals surface area contributed by atoms with E-state index in [9.17, 15) is 4.39 Å². The van der Waals surface area contributed by atoms with E-state index in [0.29, 0.717) is 11.3 Å². The molecule has 0 aromatic heterocycles. The zero-order valence-electron chi connectivity index (χ0n) is 8.48. The largest absolute Gasteiger partial charge is 0.454 e. The number of benzene rings is 2. The second-order valence-corrected chi connectivity index (χ2v) is 3.20. The zero-order valence-corrected chi connectivity index (χ0v) is 8.48. The minimum Gasteiger partial charge on any atom is -0.454 e. The number of hydrogen-bond acceptors (Lipinski definition) is 1. The maximum atomic E-state index is 13.3. The van der Waals surface area contributed by atoms with Crippen molar-refractivity contribution in [1.82, 2.24) is 0 Å². The van der Waals surface area contributed by atoms with Gasteiger partial charge in [0.25, 0.3) is 0 Å². The van der Waals surface area contributed by atoms with Gasteiger partial charge >= 0.3 is 0 Å². The van der Waals surface area contributed by atoms with Gasteiger partial charge in [-0.25, -0.2) is 4.39 Å². The quantitative estimate of drug-likeness (QED) is 0.691. The summed E-state index contributed by atoms with van der Waals surface area (Å²) in [7, 11) is 0. The zero-order chi connectivity index (χ0) is 11.4. The van der Waals surface area contributed by atoms with E-state index >= 15 is 0 Å². The van der Waals surface area contributed by atoms with E-state index in [1.165, 1.54) is 6.07 Å². The van der Waals surface area contributed by atoms with Gasteiger partial charge in [-0.2, -0.15) is 0 Å². The number of hydrogen-bond donors (Lipinski definition) is 0. The lowest BCUT2D eigenvalue weighted by Gasteiger charge is -2.06. The van der Waals surface area contributed by atoms with Crippen molar-refractivity contribution in [3.8, 4) is 23.8 Å². The Hall–Kier alpha value is -2.27. The number of terminal acetylenes is 1. The molecule has 0 amide bonds. The number of ether oxygens (including phenoxy) is 1. The van der Waals surface area contributed by atoms with Gasteiger partial charge in [0.15, 0.2) is 11.6 Å². The normalized spacial score (nSPS) is 9.50. The summed E-state index contributed by atoms with van der Waals surface area (Å²) in [5.41, 5.74) is 0.703. The van der Waals surface area contributed by atoms with Crippen LogP contribution in [0.5, 0.6) is 11.5 Å². The molecule has 78 valence electrons.